The molecule has 1 N–H and O–H groups in total. The molecule has 3 nitrogen and oxygen atoms in total. The van der Waals surface area contributed by atoms with Crippen molar-refractivity contribution in [2.24, 2.45) is 0 Å². The summed E-state index contributed by atoms with van der Waals surface area (Å²) in [6.07, 6.45) is -4.62. The van der Waals surface area contributed by atoms with Crippen LogP contribution in [0.3, 0.4) is 0 Å². The second kappa shape index (κ2) is 8.44. The topological polar surface area (TPSA) is 50.2 Å². The van der Waals surface area contributed by atoms with Crippen LogP contribution in [0.5, 0.6) is 0 Å². The molecule has 0 saturated carbocycles. The molecule has 1 atom stereocenters. The van der Waals surface area contributed by atoms with Crippen LogP contribution < -0.4 is 0 Å². The molecule has 1 aromatic heterocycles. The van der Waals surface area contributed by atoms with E-state index in [1.807, 2.05) is 6.07 Å². The van der Waals surface area contributed by atoms with Crippen LogP contribution >= 0.6 is 0 Å². The molecule has 0 spiro atoms. The van der Waals surface area contributed by atoms with Crippen LogP contribution in [0, 0.1) is 12.7 Å². The minimum absolute atomic E-state index is 0.00298. The Morgan fingerprint density at radius 1 is 0.938 bits per heavy atom. The summed E-state index contributed by atoms with van der Waals surface area (Å²) in [5, 5.41) is 0.144. The SMILES string of the molecule is Cc1cc(-c2cc(-c3ccccc3)cc(CS(=O)O)c2F)c2cccc(C(F)(F)F)c2n1. The van der Waals surface area contributed by atoms with Gasteiger partial charge in [0, 0.05) is 22.2 Å². The molecule has 32 heavy (non-hydrogen) atoms. The van der Waals surface area contributed by atoms with Crippen molar-refractivity contribution in [1.82, 2.24) is 4.98 Å². The Labute approximate surface area is 184 Å². The lowest BCUT2D eigenvalue weighted by molar-refractivity contribution is -0.136. The summed E-state index contributed by atoms with van der Waals surface area (Å²) in [4.78, 5) is 4.08. The van der Waals surface area contributed by atoms with Crippen LogP contribution in [0.25, 0.3) is 33.2 Å². The lowest BCUT2D eigenvalue weighted by Crippen LogP contribution is -2.07. The number of pyridine rings is 1. The van der Waals surface area contributed by atoms with Crippen molar-refractivity contribution >= 4 is 22.0 Å². The summed E-state index contributed by atoms with van der Waals surface area (Å²) in [6.45, 7) is 1.54. The fraction of sp³-hybridized carbons (Fsp3) is 0.125. The second-order valence-corrected chi connectivity index (χ2v) is 8.27. The summed E-state index contributed by atoms with van der Waals surface area (Å²) in [6, 6.07) is 17.2. The zero-order valence-electron chi connectivity index (χ0n) is 16.8. The monoisotopic (exact) mass is 459 g/mol. The minimum atomic E-state index is -4.62. The van der Waals surface area contributed by atoms with E-state index in [9.17, 15) is 21.9 Å². The van der Waals surface area contributed by atoms with Gasteiger partial charge < -0.3 is 4.55 Å². The van der Waals surface area contributed by atoms with E-state index in [1.54, 1.807) is 37.3 Å². The molecule has 0 radical (unpaired) electrons. The Balaban J connectivity index is 2.06. The van der Waals surface area contributed by atoms with Gasteiger partial charge in [-0.25, -0.2) is 8.60 Å². The molecule has 3 aromatic carbocycles. The molecule has 0 aliphatic rings. The third-order valence-electron chi connectivity index (χ3n) is 5.10. The lowest BCUT2D eigenvalue weighted by Gasteiger charge is -2.16. The summed E-state index contributed by atoms with van der Waals surface area (Å²) in [5.74, 6) is -1.20. The Hall–Kier alpha value is -3.10. The highest BCUT2D eigenvalue weighted by molar-refractivity contribution is 7.78. The van der Waals surface area contributed by atoms with Gasteiger partial charge in [-0.15, -0.1) is 0 Å². The molecule has 0 aliphatic carbocycles. The third kappa shape index (κ3) is 4.28. The molecular formula is C24H17F4NO2S. The number of hydrogen-bond acceptors (Lipinski definition) is 2. The molecule has 0 amide bonds. The van der Waals surface area contributed by atoms with E-state index in [0.717, 1.165) is 11.6 Å². The van der Waals surface area contributed by atoms with Crippen molar-refractivity contribution in [2.75, 3.05) is 0 Å². The van der Waals surface area contributed by atoms with Gasteiger partial charge in [-0.2, -0.15) is 13.2 Å². The fourth-order valence-corrected chi connectivity index (χ4v) is 4.22. The lowest BCUT2D eigenvalue weighted by atomic mass is 9.93. The maximum absolute atomic E-state index is 15.5. The second-order valence-electron chi connectivity index (χ2n) is 7.34. The molecule has 8 heteroatoms. The molecule has 4 aromatic rings. The van der Waals surface area contributed by atoms with Gasteiger partial charge in [-0.05, 0) is 47.9 Å². The van der Waals surface area contributed by atoms with E-state index < -0.39 is 34.4 Å². The normalized spacial score (nSPS) is 12.8. The molecule has 0 saturated heterocycles. The molecule has 1 unspecified atom stereocenters. The number of hydrogen-bond donors (Lipinski definition) is 1. The van der Waals surface area contributed by atoms with Crippen LogP contribution in [0.15, 0.2) is 66.7 Å². The predicted octanol–water partition coefficient (Wildman–Crippen LogP) is 6.76. The molecule has 0 aliphatic heterocycles. The van der Waals surface area contributed by atoms with Gasteiger partial charge in [0.1, 0.15) is 5.82 Å². The smallest absolute Gasteiger partial charge is 0.306 e. The quantitative estimate of drug-likeness (QED) is 0.271. The molecule has 1 heterocycles. The maximum Gasteiger partial charge on any atom is 0.418 e. The first-order valence-electron chi connectivity index (χ1n) is 9.58. The van der Waals surface area contributed by atoms with E-state index in [-0.39, 0.29) is 27.6 Å². The van der Waals surface area contributed by atoms with Crippen LogP contribution in [-0.4, -0.2) is 13.7 Å². The zero-order valence-corrected chi connectivity index (χ0v) is 17.6. The predicted molar refractivity (Wildman–Crippen MR) is 117 cm³/mol. The van der Waals surface area contributed by atoms with Crippen molar-refractivity contribution in [2.45, 2.75) is 18.9 Å². The van der Waals surface area contributed by atoms with Crippen LogP contribution in [0.4, 0.5) is 17.6 Å². The number of para-hydroxylation sites is 1. The Morgan fingerprint density at radius 2 is 1.66 bits per heavy atom. The summed E-state index contributed by atoms with van der Waals surface area (Å²) < 4.78 is 77.1. The summed E-state index contributed by atoms with van der Waals surface area (Å²) in [5.41, 5.74) is 0.711. The molecule has 164 valence electrons. The average molecular weight is 459 g/mol. The van der Waals surface area contributed by atoms with Gasteiger partial charge in [0.2, 0.25) is 0 Å². The Bertz CT molecular complexity index is 1340. The fourth-order valence-electron chi connectivity index (χ4n) is 3.74. The first kappa shape index (κ1) is 22.1. The van der Waals surface area contributed by atoms with Crippen molar-refractivity contribution in [1.29, 1.82) is 0 Å². The Kier molecular flexibility index (Phi) is 5.83. The van der Waals surface area contributed by atoms with E-state index in [0.29, 0.717) is 11.3 Å². The van der Waals surface area contributed by atoms with Gasteiger partial charge in [0.25, 0.3) is 0 Å². The summed E-state index contributed by atoms with van der Waals surface area (Å²) >= 11 is -2.30. The molecule has 0 bridgehead atoms. The molecule has 4 rings (SSSR count). The number of halogens is 4. The summed E-state index contributed by atoms with van der Waals surface area (Å²) in [7, 11) is 0. The van der Waals surface area contributed by atoms with Crippen LogP contribution in [0.2, 0.25) is 0 Å². The van der Waals surface area contributed by atoms with E-state index in [2.05, 4.69) is 4.98 Å². The number of aryl methyl sites for hydroxylation is 1. The first-order chi connectivity index (χ1) is 15.1. The molecule has 0 fully saturated rings. The maximum atomic E-state index is 15.5. The minimum Gasteiger partial charge on any atom is -0.306 e. The van der Waals surface area contributed by atoms with Gasteiger partial charge >= 0.3 is 6.18 Å². The van der Waals surface area contributed by atoms with Gasteiger partial charge in [-0.3, -0.25) is 4.98 Å². The number of aromatic nitrogens is 1. The average Bonchev–Trinajstić information content (AvgIpc) is 2.74. The van der Waals surface area contributed by atoms with Crippen molar-refractivity contribution in [3.8, 4) is 22.3 Å². The highest BCUT2D eigenvalue weighted by atomic mass is 32.2. The number of nitrogens with zero attached hydrogens (tertiary/aromatic N) is 1. The Morgan fingerprint density at radius 3 is 2.31 bits per heavy atom. The standard InChI is InChI=1S/C24H17F4NO2S/c1-14-10-19(18-8-5-9-21(23(18)29-14)24(26,27)28)20-12-16(15-6-3-2-4-7-15)11-17(22(20)25)13-32(30)31/h2-12H,13H2,1H3,(H,30,31). The van der Waals surface area contributed by atoms with Crippen molar-refractivity contribution in [3.63, 3.8) is 0 Å². The van der Waals surface area contributed by atoms with Crippen LogP contribution in [0.1, 0.15) is 16.8 Å². The van der Waals surface area contributed by atoms with Crippen LogP contribution in [-0.2, 0) is 23.0 Å². The largest absolute Gasteiger partial charge is 0.418 e. The van der Waals surface area contributed by atoms with Gasteiger partial charge in [0.15, 0.2) is 11.1 Å². The zero-order chi connectivity index (χ0) is 23.0. The van der Waals surface area contributed by atoms with Crippen molar-refractivity contribution < 1.29 is 26.3 Å². The van der Waals surface area contributed by atoms with E-state index >= 15 is 4.39 Å². The van der Waals surface area contributed by atoms with Crippen molar-refractivity contribution in [3.05, 3.63) is 89.4 Å². The van der Waals surface area contributed by atoms with E-state index in [1.165, 1.54) is 24.3 Å². The number of alkyl halides is 3. The number of benzene rings is 3. The van der Waals surface area contributed by atoms with Gasteiger partial charge in [-0.1, -0.05) is 42.5 Å². The first-order valence-corrected chi connectivity index (χ1v) is 10.9. The highest BCUT2D eigenvalue weighted by Gasteiger charge is 2.33. The third-order valence-corrected chi connectivity index (χ3v) is 5.66. The number of rotatable bonds is 4. The van der Waals surface area contributed by atoms with E-state index in [4.69, 9.17) is 0 Å². The molecular weight excluding hydrogens is 442 g/mol. The van der Waals surface area contributed by atoms with Gasteiger partial charge in [0.05, 0.1) is 16.8 Å². The highest BCUT2D eigenvalue weighted by Crippen LogP contribution is 2.40. The number of fused-ring (bicyclic) bond motifs is 1.